The number of benzene rings is 2. The maximum Gasteiger partial charge on any atom is 0.234 e. The topological polar surface area (TPSA) is 82.2 Å². The van der Waals surface area contributed by atoms with Gasteiger partial charge in [-0.05, 0) is 37.3 Å². The molecule has 2 aromatic heterocycles. The summed E-state index contributed by atoms with van der Waals surface area (Å²) in [5.74, 6) is 1.68. The van der Waals surface area contributed by atoms with Crippen molar-refractivity contribution in [1.29, 1.82) is 0 Å². The number of nitrogens with one attached hydrogen (secondary N) is 1. The van der Waals surface area contributed by atoms with Crippen LogP contribution in [0, 0.1) is 6.92 Å². The molecule has 1 fully saturated rings. The highest BCUT2D eigenvalue weighted by molar-refractivity contribution is 7.99. The fourth-order valence-corrected chi connectivity index (χ4v) is 4.77. The number of carbonyl (C=O) groups excluding carboxylic acids is 1. The average Bonchev–Trinajstić information content (AvgIpc) is 3.55. The van der Waals surface area contributed by atoms with Gasteiger partial charge in [0.05, 0.1) is 30.2 Å². The van der Waals surface area contributed by atoms with Crippen molar-refractivity contribution in [3.63, 3.8) is 0 Å². The van der Waals surface area contributed by atoms with Crippen molar-refractivity contribution in [3.8, 4) is 11.4 Å². The van der Waals surface area contributed by atoms with Crippen LogP contribution < -0.4 is 5.32 Å². The van der Waals surface area contributed by atoms with Crippen molar-refractivity contribution < 1.29 is 13.9 Å². The first kappa shape index (κ1) is 20.8. The molecule has 1 aliphatic rings. The van der Waals surface area contributed by atoms with Crippen molar-refractivity contribution >= 4 is 34.1 Å². The fraction of sp³-hybridized carbons (Fsp3) is 0.292. The van der Waals surface area contributed by atoms with Crippen LogP contribution in [0.15, 0.2) is 64.4 Å². The standard InChI is InChI=1S/C24H24N4O3S/c1-16-19(11-13-30-16)23-26-27-24(28(23)14-18-8-5-12-31-18)32-15-22(29)25-21-10-4-7-17-6-2-3-9-20(17)21/h2-4,6-7,9-11,13,18H,5,8,12,14-15H2,1H3,(H,25,29)/t18-/m0/s1. The molecule has 1 amide bonds. The second kappa shape index (κ2) is 9.18. The Balaban J connectivity index is 1.33. The first-order valence-electron chi connectivity index (χ1n) is 10.7. The number of nitrogens with zero attached hydrogens (tertiary/aromatic N) is 3. The van der Waals surface area contributed by atoms with Crippen LogP contribution in [-0.2, 0) is 16.1 Å². The first-order chi connectivity index (χ1) is 15.7. The van der Waals surface area contributed by atoms with Crippen LogP contribution in [0.25, 0.3) is 22.2 Å². The summed E-state index contributed by atoms with van der Waals surface area (Å²) in [6.07, 6.45) is 3.84. The van der Waals surface area contributed by atoms with Crippen LogP contribution in [0.5, 0.6) is 0 Å². The normalized spacial score (nSPS) is 16.0. The Morgan fingerprint density at radius 1 is 1.19 bits per heavy atom. The number of hydrogen-bond acceptors (Lipinski definition) is 6. The Kier molecular flexibility index (Phi) is 5.96. The molecule has 3 heterocycles. The number of aromatic nitrogens is 3. The van der Waals surface area contributed by atoms with Crippen LogP contribution in [-0.4, -0.2) is 39.1 Å². The number of furan rings is 1. The summed E-state index contributed by atoms with van der Waals surface area (Å²) in [5.41, 5.74) is 1.71. The summed E-state index contributed by atoms with van der Waals surface area (Å²) in [5, 5.41) is 14.6. The molecular weight excluding hydrogens is 424 g/mol. The van der Waals surface area contributed by atoms with Gasteiger partial charge in [0, 0.05) is 17.7 Å². The smallest absolute Gasteiger partial charge is 0.234 e. The van der Waals surface area contributed by atoms with Crippen LogP contribution in [0.4, 0.5) is 5.69 Å². The number of fused-ring (bicyclic) bond motifs is 1. The van der Waals surface area contributed by atoms with E-state index in [2.05, 4.69) is 15.5 Å². The van der Waals surface area contributed by atoms with Gasteiger partial charge in [0.25, 0.3) is 0 Å². The van der Waals surface area contributed by atoms with Gasteiger partial charge in [0.2, 0.25) is 5.91 Å². The van der Waals surface area contributed by atoms with Gasteiger partial charge < -0.3 is 14.5 Å². The zero-order valence-electron chi connectivity index (χ0n) is 17.8. The number of thioether (sulfide) groups is 1. The molecule has 32 heavy (non-hydrogen) atoms. The Morgan fingerprint density at radius 3 is 2.88 bits per heavy atom. The predicted octanol–water partition coefficient (Wildman–Crippen LogP) is 4.91. The van der Waals surface area contributed by atoms with Gasteiger partial charge in [-0.15, -0.1) is 10.2 Å². The summed E-state index contributed by atoms with van der Waals surface area (Å²) in [4.78, 5) is 12.7. The lowest BCUT2D eigenvalue weighted by atomic mass is 10.1. The summed E-state index contributed by atoms with van der Waals surface area (Å²) in [6, 6.07) is 15.8. The zero-order chi connectivity index (χ0) is 21.9. The molecule has 1 N–H and O–H groups in total. The SMILES string of the molecule is Cc1occc1-c1nnc(SCC(=O)Nc2cccc3ccccc23)n1C[C@@H]1CCCO1. The highest BCUT2D eigenvalue weighted by Crippen LogP contribution is 2.29. The molecule has 2 aromatic carbocycles. The van der Waals surface area contributed by atoms with Crippen molar-refractivity contribution in [2.24, 2.45) is 0 Å². The van der Waals surface area contributed by atoms with Crippen molar-refractivity contribution in [1.82, 2.24) is 14.8 Å². The van der Waals surface area contributed by atoms with Crippen molar-refractivity contribution in [2.75, 3.05) is 17.7 Å². The molecule has 0 unspecified atom stereocenters. The molecule has 0 spiro atoms. The van der Waals surface area contributed by atoms with Crippen LogP contribution in [0.1, 0.15) is 18.6 Å². The van der Waals surface area contributed by atoms with Crippen molar-refractivity contribution in [3.05, 3.63) is 60.6 Å². The maximum atomic E-state index is 12.7. The second-order valence-corrected chi connectivity index (χ2v) is 8.75. The molecule has 0 saturated carbocycles. The number of anilines is 1. The Morgan fingerprint density at radius 2 is 2.06 bits per heavy atom. The molecule has 0 bridgehead atoms. The Bertz CT molecular complexity index is 1240. The predicted molar refractivity (Wildman–Crippen MR) is 125 cm³/mol. The van der Waals surface area contributed by atoms with E-state index >= 15 is 0 Å². The minimum atomic E-state index is -0.0842. The second-order valence-electron chi connectivity index (χ2n) is 7.81. The van der Waals surface area contributed by atoms with Gasteiger partial charge >= 0.3 is 0 Å². The quantitative estimate of drug-likeness (QED) is 0.405. The Hall–Kier alpha value is -3.10. The van der Waals surface area contributed by atoms with E-state index in [1.165, 1.54) is 11.8 Å². The van der Waals surface area contributed by atoms with Gasteiger partial charge in [-0.3, -0.25) is 9.36 Å². The van der Waals surface area contributed by atoms with Crippen LogP contribution >= 0.6 is 11.8 Å². The highest BCUT2D eigenvalue weighted by atomic mass is 32.2. The van der Waals surface area contributed by atoms with E-state index < -0.39 is 0 Å². The summed E-state index contributed by atoms with van der Waals surface area (Å²) >= 11 is 1.38. The number of carbonyl (C=O) groups is 1. The minimum Gasteiger partial charge on any atom is -0.469 e. The van der Waals surface area contributed by atoms with Gasteiger partial charge in [-0.2, -0.15) is 0 Å². The highest BCUT2D eigenvalue weighted by Gasteiger charge is 2.23. The molecule has 8 heteroatoms. The molecular formula is C24H24N4O3S. The van der Waals surface area contributed by atoms with Gasteiger partial charge in [0.15, 0.2) is 11.0 Å². The van der Waals surface area contributed by atoms with E-state index in [1.807, 2.05) is 60.0 Å². The monoisotopic (exact) mass is 448 g/mol. The molecule has 0 radical (unpaired) electrons. The van der Waals surface area contributed by atoms with E-state index in [-0.39, 0.29) is 17.8 Å². The largest absolute Gasteiger partial charge is 0.469 e. The van der Waals surface area contributed by atoms with Crippen LogP contribution in [0.2, 0.25) is 0 Å². The van der Waals surface area contributed by atoms with E-state index in [4.69, 9.17) is 9.15 Å². The average molecular weight is 449 g/mol. The van der Waals surface area contributed by atoms with E-state index in [9.17, 15) is 4.79 Å². The minimum absolute atomic E-state index is 0.0842. The van der Waals surface area contributed by atoms with Gasteiger partial charge in [-0.25, -0.2) is 0 Å². The van der Waals surface area contributed by atoms with E-state index in [0.29, 0.717) is 11.7 Å². The summed E-state index contributed by atoms with van der Waals surface area (Å²) < 4.78 is 13.4. The number of rotatable bonds is 7. The lowest BCUT2D eigenvalue weighted by Gasteiger charge is -2.14. The van der Waals surface area contributed by atoms with Gasteiger partial charge in [0.1, 0.15) is 5.76 Å². The molecule has 5 rings (SSSR count). The number of hydrogen-bond donors (Lipinski definition) is 1. The molecule has 1 saturated heterocycles. The third-order valence-electron chi connectivity index (χ3n) is 5.62. The molecule has 4 aromatic rings. The number of amides is 1. The van der Waals surface area contributed by atoms with E-state index in [1.54, 1.807) is 6.26 Å². The lowest BCUT2D eigenvalue weighted by molar-refractivity contribution is -0.113. The molecule has 0 aliphatic carbocycles. The van der Waals surface area contributed by atoms with Crippen molar-refractivity contribution in [2.45, 2.75) is 37.6 Å². The first-order valence-corrected chi connectivity index (χ1v) is 11.7. The number of ether oxygens (including phenoxy) is 1. The Labute approximate surface area is 190 Å². The molecule has 164 valence electrons. The zero-order valence-corrected chi connectivity index (χ0v) is 18.6. The molecule has 1 aliphatic heterocycles. The maximum absolute atomic E-state index is 12.7. The van der Waals surface area contributed by atoms with Crippen LogP contribution in [0.3, 0.4) is 0 Å². The molecule has 1 atom stereocenters. The summed E-state index contributed by atoms with van der Waals surface area (Å²) in [6.45, 7) is 3.34. The lowest BCUT2D eigenvalue weighted by Crippen LogP contribution is -2.18. The molecule has 7 nitrogen and oxygen atoms in total. The van der Waals surface area contributed by atoms with E-state index in [0.717, 1.165) is 53.1 Å². The fourth-order valence-electron chi connectivity index (χ4n) is 4.02. The van der Waals surface area contributed by atoms with Gasteiger partial charge in [-0.1, -0.05) is 48.2 Å². The number of aryl methyl sites for hydroxylation is 1. The summed E-state index contributed by atoms with van der Waals surface area (Å²) in [7, 11) is 0. The third kappa shape index (κ3) is 4.28. The third-order valence-corrected chi connectivity index (χ3v) is 6.59.